The molecule has 0 amide bonds. The van der Waals surface area contributed by atoms with Crippen LogP contribution < -0.4 is 11.4 Å². The van der Waals surface area contributed by atoms with Crippen molar-refractivity contribution in [2.45, 2.75) is 38.7 Å². The summed E-state index contributed by atoms with van der Waals surface area (Å²) in [6.45, 7) is 3.89. The second-order valence-corrected chi connectivity index (χ2v) is 5.08. The topological polar surface area (TPSA) is 119 Å². The van der Waals surface area contributed by atoms with Crippen LogP contribution in [0.2, 0.25) is 0 Å². The first-order valence-corrected chi connectivity index (χ1v) is 6.58. The number of H-pyrrole nitrogens is 1. The SMILES string of the molecule is CCC1OC(n2c(=O)[nH]c3c(N)ncnc32)C(O)C1C. The number of nitrogens with two attached hydrogens (primary N) is 1. The molecule has 0 aliphatic carbocycles. The van der Waals surface area contributed by atoms with Gasteiger partial charge in [0.15, 0.2) is 17.7 Å². The van der Waals surface area contributed by atoms with Gasteiger partial charge in [-0.1, -0.05) is 13.8 Å². The lowest BCUT2D eigenvalue weighted by Gasteiger charge is -2.16. The number of hydrogen-bond acceptors (Lipinski definition) is 6. The molecule has 1 aliphatic rings. The summed E-state index contributed by atoms with van der Waals surface area (Å²) in [6, 6.07) is 0. The average molecular weight is 279 g/mol. The Kier molecular flexibility index (Phi) is 2.98. The van der Waals surface area contributed by atoms with Crippen LogP contribution >= 0.6 is 0 Å². The number of anilines is 1. The van der Waals surface area contributed by atoms with E-state index in [2.05, 4.69) is 15.0 Å². The summed E-state index contributed by atoms with van der Waals surface area (Å²) in [4.78, 5) is 22.6. The van der Waals surface area contributed by atoms with Gasteiger partial charge >= 0.3 is 5.69 Å². The van der Waals surface area contributed by atoms with Gasteiger partial charge in [-0.2, -0.15) is 0 Å². The highest BCUT2D eigenvalue weighted by Crippen LogP contribution is 2.35. The Morgan fingerprint density at radius 2 is 2.30 bits per heavy atom. The van der Waals surface area contributed by atoms with E-state index in [0.717, 1.165) is 6.42 Å². The van der Waals surface area contributed by atoms with Crippen molar-refractivity contribution in [3.8, 4) is 0 Å². The number of aromatic amines is 1. The van der Waals surface area contributed by atoms with E-state index in [4.69, 9.17) is 10.5 Å². The lowest BCUT2D eigenvalue weighted by molar-refractivity contribution is -0.0372. The van der Waals surface area contributed by atoms with Crippen molar-refractivity contribution in [3.05, 3.63) is 16.8 Å². The van der Waals surface area contributed by atoms with Crippen molar-refractivity contribution in [1.29, 1.82) is 0 Å². The number of hydrogen-bond donors (Lipinski definition) is 3. The molecule has 8 heteroatoms. The third-order valence-electron chi connectivity index (χ3n) is 3.92. The highest BCUT2D eigenvalue weighted by Gasteiger charge is 2.42. The molecule has 0 saturated carbocycles. The summed E-state index contributed by atoms with van der Waals surface area (Å²) in [6.07, 6.45) is 0.427. The van der Waals surface area contributed by atoms with Gasteiger partial charge in [-0.05, 0) is 6.42 Å². The molecule has 1 aliphatic heterocycles. The zero-order valence-electron chi connectivity index (χ0n) is 11.3. The molecule has 1 saturated heterocycles. The molecule has 1 fully saturated rings. The molecule has 0 aromatic carbocycles. The zero-order chi connectivity index (χ0) is 14.4. The Balaban J connectivity index is 2.14. The van der Waals surface area contributed by atoms with Gasteiger partial charge in [-0.15, -0.1) is 0 Å². The van der Waals surface area contributed by atoms with Crippen LogP contribution in [0.3, 0.4) is 0 Å². The number of nitrogens with one attached hydrogen (secondary N) is 1. The van der Waals surface area contributed by atoms with Crippen molar-refractivity contribution in [1.82, 2.24) is 19.5 Å². The van der Waals surface area contributed by atoms with Crippen LogP contribution in [-0.4, -0.2) is 36.8 Å². The Morgan fingerprint density at radius 1 is 1.55 bits per heavy atom. The number of fused-ring (bicyclic) bond motifs is 1. The third kappa shape index (κ3) is 1.72. The van der Waals surface area contributed by atoms with Crippen LogP contribution in [0.15, 0.2) is 11.1 Å². The second kappa shape index (κ2) is 4.57. The molecule has 4 N–H and O–H groups in total. The molecule has 2 aromatic heterocycles. The molecule has 2 aromatic rings. The van der Waals surface area contributed by atoms with E-state index in [9.17, 15) is 9.90 Å². The summed E-state index contributed by atoms with van der Waals surface area (Å²) in [5.41, 5.74) is 6.00. The molecule has 4 atom stereocenters. The van der Waals surface area contributed by atoms with Crippen LogP contribution in [0.5, 0.6) is 0 Å². The second-order valence-electron chi connectivity index (χ2n) is 5.08. The standard InChI is InChI=1S/C12H17N5O3/c1-3-6-5(2)8(18)11(20-6)17-10-7(16-12(17)19)9(13)14-4-15-10/h4-6,8,11,18H,3H2,1-2H3,(H,16,19)(H2,13,14,15). The number of rotatable bonds is 2. The van der Waals surface area contributed by atoms with Gasteiger partial charge in [0.05, 0.1) is 6.10 Å². The summed E-state index contributed by atoms with van der Waals surface area (Å²) in [7, 11) is 0. The average Bonchev–Trinajstić information content (AvgIpc) is 2.90. The van der Waals surface area contributed by atoms with Gasteiger partial charge in [0.2, 0.25) is 0 Å². The smallest absolute Gasteiger partial charge is 0.330 e. The van der Waals surface area contributed by atoms with Crippen LogP contribution in [0.1, 0.15) is 26.5 Å². The molecule has 4 unspecified atom stereocenters. The normalized spacial score (nSPS) is 30.1. The van der Waals surface area contributed by atoms with Crippen LogP contribution in [-0.2, 0) is 4.74 Å². The van der Waals surface area contributed by atoms with Gasteiger partial charge in [-0.3, -0.25) is 0 Å². The number of aromatic nitrogens is 4. The fourth-order valence-corrected chi connectivity index (χ4v) is 2.74. The number of nitrogens with zero attached hydrogens (tertiary/aromatic N) is 3. The first-order chi connectivity index (χ1) is 9.54. The Bertz CT molecular complexity index is 694. The Morgan fingerprint density at radius 3 is 2.95 bits per heavy atom. The first kappa shape index (κ1) is 13.1. The van der Waals surface area contributed by atoms with Crippen LogP contribution in [0, 0.1) is 5.92 Å². The monoisotopic (exact) mass is 279 g/mol. The predicted octanol–water partition coefficient (Wildman–Crippen LogP) is 0.00620. The maximum atomic E-state index is 12.1. The van der Waals surface area contributed by atoms with Crippen LogP contribution in [0.4, 0.5) is 5.82 Å². The largest absolute Gasteiger partial charge is 0.388 e. The minimum Gasteiger partial charge on any atom is -0.388 e. The van der Waals surface area contributed by atoms with E-state index >= 15 is 0 Å². The third-order valence-corrected chi connectivity index (χ3v) is 3.92. The molecular formula is C12H17N5O3. The quantitative estimate of drug-likeness (QED) is 0.712. The molecule has 0 radical (unpaired) electrons. The number of aliphatic hydroxyl groups is 1. The van der Waals surface area contributed by atoms with Gasteiger partial charge in [0.25, 0.3) is 0 Å². The van der Waals surface area contributed by atoms with E-state index in [1.54, 1.807) is 0 Å². The molecule has 8 nitrogen and oxygen atoms in total. The summed E-state index contributed by atoms with van der Waals surface area (Å²) in [5.74, 6) is 0.138. The van der Waals surface area contributed by atoms with E-state index < -0.39 is 18.0 Å². The molecule has 20 heavy (non-hydrogen) atoms. The highest BCUT2D eigenvalue weighted by molar-refractivity contribution is 5.81. The van der Waals surface area contributed by atoms with Gasteiger partial charge in [0, 0.05) is 5.92 Å². The Labute approximate surface area is 114 Å². The molecule has 3 heterocycles. The lowest BCUT2D eigenvalue weighted by Crippen LogP contribution is -2.30. The van der Waals surface area contributed by atoms with Crippen molar-refractivity contribution >= 4 is 17.0 Å². The van der Waals surface area contributed by atoms with Crippen molar-refractivity contribution < 1.29 is 9.84 Å². The number of nitrogen functional groups attached to an aromatic ring is 1. The molecule has 108 valence electrons. The van der Waals surface area contributed by atoms with Gasteiger partial charge < -0.3 is 20.6 Å². The predicted molar refractivity (Wildman–Crippen MR) is 71.9 cm³/mol. The number of ether oxygens (including phenoxy) is 1. The van der Waals surface area contributed by atoms with E-state index in [1.807, 2.05) is 13.8 Å². The fourth-order valence-electron chi connectivity index (χ4n) is 2.74. The maximum absolute atomic E-state index is 12.1. The van der Waals surface area contributed by atoms with Crippen molar-refractivity contribution in [2.24, 2.45) is 5.92 Å². The van der Waals surface area contributed by atoms with E-state index in [-0.39, 0.29) is 17.8 Å². The Hall–Kier alpha value is -1.93. The highest BCUT2D eigenvalue weighted by atomic mass is 16.5. The minimum absolute atomic E-state index is 0.0546. The summed E-state index contributed by atoms with van der Waals surface area (Å²) < 4.78 is 7.11. The molecule has 3 rings (SSSR count). The van der Waals surface area contributed by atoms with E-state index in [0.29, 0.717) is 11.2 Å². The van der Waals surface area contributed by atoms with Gasteiger partial charge in [-0.25, -0.2) is 19.3 Å². The molecule has 0 bridgehead atoms. The fraction of sp³-hybridized carbons (Fsp3) is 0.583. The minimum atomic E-state index is -0.771. The zero-order valence-corrected chi connectivity index (χ0v) is 11.3. The van der Waals surface area contributed by atoms with Crippen molar-refractivity contribution in [2.75, 3.05) is 5.73 Å². The first-order valence-electron chi connectivity index (χ1n) is 6.58. The lowest BCUT2D eigenvalue weighted by atomic mass is 9.99. The van der Waals surface area contributed by atoms with E-state index in [1.165, 1.54) is 10.9 Å². The summed E-state index contributed by atoms with van der Waals surface area (Å²) >= 11 is 0. The van der Waals surface area contributed by atoms with Crippen LogP contribution in [0.25, 0.3) is 11.2 Å². The maximum Gasteiger partial charge on any atom is 0.330 e. The van der Waals surface area contributed by atoms with Crippen molar-refractivity contribution in [3.63, 3.8) is 0 Å². The summed E-state index contributed by atoms with van der Waals surface area (Å²) in [5, 5.41) is 10.3. The molecular weight excluding hydrogens is 262 g/mol. The number of imidazole rings is 1. The number of aliphatic hydroxyl groups excluding tert-OH is 1. The molecule has 0 spiro atoms. The van der Waals surface area contributed by atoms with Gasteiger partial charge in [0.1, 0.15) is 17.9 Å².